The van der Waals surface area contributed by atoms with E-state index in [1.54, 1.807) is 0 Å². The molecule has 5 nitrogen and oxygen atoms in total. The molecule has 2 bridgehead atoms. The first-order valence-electron chi connectivity index (χ1n) is 7.43. The zero-order valence-electron chi connectivity index (χ0n) is 11.5. The Morgan fingerprint density at radius 2 is 1.90 bits per heavy atom. The minimum absolute atomic E-state index is 0.0272. The van der Waals surface area contributed by atoms with Crippen LogP contribution in [-0.2, 0) is 14.3 Å². The van der Waals surface area contributed by atoms with Gasteiger partial charge in [0.05, 0.1) is 18.4 Å². The number of carbonyl (C=O) groups is 2. The van der Waals surface area contributed by atoms with Gasteiger partial charge in [-0.25, -0.2) is 0 Å². The van der Waals surface area contributed by atoms with Crippen molar-refractivity contribution < 1.29 is 19.4 Å². The van der Waals surface area contributed by atoms with E-state index in [-0.39, 0.29) is 17.7 Å². The second-order valence-corrected chi connectivity index (χ2v) is 6.15. The number of amides is 1. The van der Waals surface area contributed by atoms with Crippen LogP contribution in [0.25, 0.3) is 0 Å². The van der Waals surface area contributed by atoms with Crippen molar-refractivity contribution in [3.8, 4) is 0 Å². The lowest BCUT2D eigenvalue weighted by atomic mass is 9.82. The molecule has 0 aromatic carbocycles. The van der Waals surface area contributed by atoms with Gasteiger partial charge in [0.25, 0.3) is 0 Å². The van der Waals surface area contributed by atoms with Crippen molar-refractivity contribution in [3.05, 3.63) is 12.2 Å². The maximum absolute atomic E-state index is 12.2. The molecule has 0 aromatic rings. The molecule has 4 unspecified atom stereocenters. The minimum atomic E-state index is -0.855. The standard InChI is InChI=1S/C15H21NO4/c17-14(16-5-6-20-8-9-1-2-9)12-10-3-4-11(7-10)13(12)15(18)19/h3-4,9-13H,1-2,5-8H2,(H,16,17)(H,18,19). The van der Waals surface area contributed by atoms with E-state index in [0.717, 1.165) is 18.9 Å². The Morgan fingerprint density at radius 1 is 1.20 bits per heavy atom. The molecule has 4 atom stereocenters. The highest BCUT2D eigenvalue weighted by molar-refractivity contribution is 5.86. The van der Waals surface area contributed by atoms with E-state index < -0.39 is 17.8 Å². The highest BCUT2D eigenvalue weighted by Crippen LogP contribution is 2.48. The first-order chi connectivity index (χ1) is 9.66. The van der Waals surface area contributed by atoms with Crippen LogP contribution in [0.4, 0.5) is 0 Å². The minimum Gasteiger partial charge on any atom is -0.481 e. The number of hydrogen-bond donors (Lipinski definition) is 2. The number of rotatable bonds is 7. The molecule has 0 heterocycles. The van der Waals surface area contributed by atoms with Gasteiger partial charge < -0.3 is 15.2 Å². The molecule has 110 valence electrons. The van der Waals surface area contributed by atoms with E-state index in [2.05, 4.69) is 5.32 Å². The maximum atomic E-state index is 12.2. The molecule has 5 heteroatoms. The van der Waals surface area contributed by atoms with Crippen LogP contribution in [0.3, 0.4) is 0 Å². The number of carboxylic acid groups (broad SMARTS) is 1. The van der Waals surface area contributed by atoms with Crippen molar-refractivity contribution in [2.24, 2.45) is 29.6 Å². The fraction of sp³-hybridized carbons (Fsp3) is 0.733. The van der Waals surface area contributed by atoms with Crippen LogP contribution in [-0.4, -0.2) is 36.7 Å². The first kappa shape index (κ1) is 13.6. The molecular formula is C15H21NO4. The fourth-order valence-electron chi connectivity index (χ4n) is 3.42. The van der Waals surface area contributed by atoms with Crippen LogP contribution in [0.1, 0.15) is 19.3 Å². The zero-order valence-corrected chi connectivity index (χ0v) is 11.5. The average Bonchev–Trinajstić information content (AvgIpc) is 3.01. The van der Waals surface area contributed by atoms with Crippen LogP contribution in [0.2, 0.25) is 0 Å². The molecule has 2 fully saturated rings. The lowest BCUT2D eigenvalue weighted by Gasteiger charge is -2.23. The zero-order chi connectivity index (χ0) is 14.1. The summed E-state index contributed by atoms with van der Waals surface area (Å²) in [7, 11) is 0. The molecule has 0 aliphatic heterocycles. The van der Waals surface area contributed by atoms with Crippen LogP contribution in [0, 0.1) is 29.6 Å². The number of nitrogens with one attached hydrogen (secondary N) is 1. The lowest BCUT2D eigenvalue weighted by Crippen LogP contribution is -2.41. The van der Waals surface area contributed by atoms with Gasteiger partial charge in [0.2, 0.25) is 5.91 Å². The number of fused-ring (bicyclic) bond motifs is 2. The van der Waals surface area contributed by atoms with E-state index >= 15 is 0 Å². The predicted molar refractivity (Wildman–Crippen MR) is 71.9 cm³/mol. The third-order valence-corrected chi connectivity index (χ3v) is 4.64. The van der Waals surface area contributed by atoms with Gasteiger partial charge in [0, 0.05) is 13.2 Å². The topological polar surface area (TPSA) is 75.6 Å². The molecule has 3 aliphatic rings. The summed E-state index contributed by atoms with van der Waals surface area (Å²) in [5, 5.41) is 12.1. The van der Waals surface area contributed by atoms with E-state index in [9.17, 15) is 14.7 Å². The quantitative estimate of drug-likeness (QED) is 0.539. The van der Waals surface area contributed by atoms with E-state index in [4.69, 9.17) is 4.74 Å². The molecular weight excluding hydrogens is 258 g/mol. The number of ether oxygens (including phenoxy) is 1. The van der Waals surface area contributed by atoms with Crippen molar-refractivity contribution in [3.63, 3.8) is 0 Å². The summed E-state index contributed by atoms with van der Waals surface area (Å²) in [5.41, 5.74) is 0. The van der Waals surface area contributed by atoms with Crippen molar-refractivity contribution in [2.45, 2.75) is 19.3 Å². The lowest BCUT2D eigenvalue weighted by molar-refractivity contribution is -0.147. The third-order valence-electron chi connectivity index (χ3n) is 4.64. The summed E-state index contributed by atoms with van der Waals surface area (Å²) in [4.78, 5) is 23.5. The summed E-state index contributed by atoms with van der Waals surface area (Å²) in [5.74, 6) is -1.12. The van der Waals surface area contributed by atoms with Crippen molar-refractivity contribution in [1.29, 1.82) is 0 Å². The molecule has 20 heavy (non-hydrogen) atoms. The monoisotopic (exact) mass is 279 g/mol. The largest absolute Gasteiger partial charge is 0.481 e. The van der Waals surface area contributed by atoms with Crippen LogP contribution < -0.4 is 5.32 Å². The Labute approximate surface area is 118 Å². The smallest absolute Gasteiger partial charge is 0.307 e. The Morgan fingerprint density at radius 3 is 2.55 bits per heavy atom. The first-order valence-corrected chi connectivity index (χ1v) is 7.43. The van der Waals surface area contributed by atoms with E-state index in [1.807, 2.05) is 12.2 Å². The molecule has 3 aliphatic carbocycles. The summed E-state index contributed by atoms with van der Waals surface area (Å²) < 4.78 is 5.46. The number of carboxylic acids is 1. The van der Waals surface area contributed by atoms with E-state index in [1.165, 1.54) is 12.8 Å². The number of hydrogen-bond acceptors (Lipinski definition) is 3. The average molecular weight is 279 g/mol. The summed E-state index contributed by atoms with van der Waals surface area (Å²) in [6, 6.07) is 0. The van der Waals surface area contributed by atoms with Gasteiger partial charge in [0.15, 0.2) is 0 Å². The van der Waals surface area contributed by atoms with Gasteiger partial charge in [0.1, 0.15) is 0 Å². The maximum Gasteiger partial charge on any atom is 0.307 e. The molecule has 0 saturated heterocycles. The Balaban J connectivity index is 1.46. The molecule has 2 saturated carbocycles. The summed E-state index contributed by atoms with van der Waals surface area (Å²) >= 11 is 0. The van der Waals surface area contributed by atoms with Crippen LogP contribution >= 0.6 is 0 Å². The van der Waals surface area contributed by atoms with Gasteiger partial charge in [-0.3, -0.25) is 9.59 Å². The van der Waals surface area contributed by atoms with Gasteiger partial charge in [-0.15, -0.1) is 0 Å². The fourth-order valence-corrected chi connectivity index (χ4v) is 3.42. The second-order valence-electron chi connectivity index (χ2n) is 6.15. The third kappa shape index (κ3) is 2.73. The molecule has 0 spiro atoms. The number of carbonyl (C=O) groups excluding carboxylic acids is 1. The van der Waals surface area contributed by atoms with Gasteiger partial charge in [-0.2, -0.15) is 0 Å². The van der Waals surface area contributed by atoms with Crippen molar-refractivity contribution >= 4 is 11.9 Å². The summed E-state index contributed by atoms with van der Waals surface area (Å²) in [6.45, 7) is 1.76. The van der Waals surface area contributed by atoms with E-state index in [0.29, 0.717) is 13.2 Å². The van der Waals surface area contributed by atoms with Gasteiger partial charge in [-0.05, 0) is 37.0 Å². The molecule has 0 radical (unpaired) electrons. The second kappa shape index (κ2) is 5.56. The number of aliphatic carboxylic acids is 1. The Hall–Kier alpha value is -1.36. The molecule has 2 N–H and O–H groups in total. The number of allylic oxidation sites excluding steroid dienone is 2. The van der Waals surface area contributed by atoms with Crippen molar-refractivity contribution in [2.75, 3.05) is 19.8 Å². The Kier molecular flexibility index (Phi) is 3.78. The Bertz CT molecular complexity index is 430. The van der Waals surface area contributed by atoms with Crippen molar-refractivity contribution in [1.82, 2.24) is 5.32 Å². The highest BCUT2D eigenvalue weighted by Gasteiger charge is 2.51. The molecule has 1 amide bonds. The van der Waals surface area contributed by atoms with Crippen LogP contribution in [0.5, 0.6) is 0 Å². The SMILES string of the molecule is O=C(O)C1C2C=CC(C2)C1C(=O)NCCOCC1CC1. The molecule has 0 aromatic heterocycles. The van der Waals surface area contributed by atoms with Gasteiger partial charge >= 0.3 is 5.97 Å². The molecule has 3 rings (SSSR count). The van der Waals surface area contributed by atoms with Gasteiger partial charge in [-0.1, -0.05) is 12.2 Å². The highest BCUT2D eigenvalue weighted by atomic mass is 16.5. The van der Waals surface area contributed by atoms with Crippen LogP contribution in [0.15, 0.2) is 12.2 Å². The normalized spacial score (nSPS) is 34.4. The summed E-state index contributed by atoms with van der Waals surface area (Å²) in [6.07, 6.45) is 7.26. The predicted octanol–water partition coefficient (Wildman–Crippen LogP) is 1.05.